The van der Waals surface area contributed by atoms with E-state index in [9.17, 15) is 9.90 Å². The Labute approximate surface area is 252 Å². The fourth-order valence-electron chi connectivity index (χ4n) is 13.9. The average molecular weight is 569 g/mol. The number of carbonyl (C=O) groups excluding carboxylic acids is 1. The van der Waals surface area contributed by atoms with Gasteiger partial charge in [0.25, 0.3) is 0 Å². The van der Waals surface area contributed by atoms with Crippen molar-refractivity contribution in [1.29, 1.82) is 0 Å². The minimum Gasteiger partial charge on any atom is -0.458 e. The van der Waals surface area contributed by atoms with Gasteiger partial charge >= 0.3 is 5.97 Å². The Bertz CT molecular complexity index is 1080. The maximum atomic E-state index is 14.8. The van der Waals surface area contributed by atoms with E-state index in [1.54, 1.807) is 0 Å². The number of hydrogen-bond acceptors (Lipinski definition) is 3. The second-order valence-electron chi connectivity index (χ2n) is 19.6. The second kappa shape index (κ2) is 8.78. The van der Waals surface area contributed by atoms with Crippen LogP contribution in [0.25, 0.3) is 0 Å². The van der Waals surface area contributed by atoms with Gasteiger partial charge in [-0.1, -0.05) is 75.7 Å². The van der Waals surface area contributed by atoms with E-state index < -0.39 is 5.41 Å². The molecule has 1 N–H and O–H groups in total. The molecule has 2 bridgehead atoms. The number of esters is 1. The lowest BCUT2D eigenvalue weighted by Gasteiger charge is -2.75. The molecule has 0 heterocycles. The summed E-state index contributed by atoms with van der Waals surface area (Å²) in [6.07, 6.45) is 13.9. The van der Waals surface area contributed by atoms with Gasteiger partial charge in [0.1, 0.15) is 5.60 Å². The quantitative estimate of drug-likeness (QED) is 0.311. The molecule has 11 unspecified atom stereocenters. The molecule has 0 amide bonds. The van der Waals surface area contributed by atoms with Crippen molar-refractivity contribution in [1.82, 2.24) is 0 Å². The van der Waals surface area contributed by atoms with Gasteiger partial charge in [0.2, 0.25) is 0 Å². The number of aliphatic hydroxyl groups excluding tert-OH is 1. The van der Waals surface area contributed by atoms with Crippen molar-refractivity contribution in [2.75, 3.05) is 0 Å². The zero-order chi connectivity index (χ0) is 30.2. The third-order valence-electron chi connectivity index (χ3n) is 16.1. The molecule has 3 nitrogen and oxygen atoms in total. The first-order valence-electron chi connectivity index (χ1n) is 17.7. The van der Waals surface area contributed by atoms with E-state index >= 15 is 0 Å². The van der Waals surface area contributed by atoms with Crippen LogP contribution in [0.5, 0.6) is 0 Å². The van der Waals surface area contributed by atoms with Gasteiger partial charge < -0.3 is 9.84 Å². The molecule has 0 aromatic heterocycles. The first kappa shape index (κ1) is 30.5. The molecule has 6 saturated carbocycles. The van der Waals surface area contributed by atoms with Gasteiger partial charge in [-0.15, -0.1) is 0 Å². The highest BCUT2D eigenvalue weighted by atomic mass is 16.6. The van der Waals surface area contributed by atoms with Crippen LogP contribution in [0.2, 0.25) is 0 Å². The van der Waals surface area contributed by atoms with Crippen molar-refractivity contribution < 1.29 is 14.6 Å². The predicted octanol–water partition coefficient (Wildman–Crippen LogP) is 9.60. The minimum atomic E-state index is -0.582. The van der Waals surface area contributed by atoms with Crippen LogP contribution in [0.15, 0.2) is 0 Å². The van der Waals surface area contributed by atoms with Crippen molar-refractivity contribution in [2.45, 2.75) is 165 Å². The topological polar surface area (TPSA) is 46.5 Å². The molecule has 0 aromatic rings. The van der Waals surface area contributed by atoms with Gasteiger partial charge in [-0.25, -0.2) is 0 Å². The summed E-state index contributed by atoms with van der Waals surface area (Å²) < 4.78 is 7.01. The summed E-state index contributed by atoms with van der Waals surface area (Å²) in [7, 11) is 0. The molecule has 0 aromatic carbocycles. The summed E-state index contributed by atoms with van der Waals surface area (Å²) >= 11 is 0. The number of rotatable bonds is 7. The van der Waals surface area contributed by atoms with E-state index in [4.69, 9.17) is 4.74 Å². The highest BCUT2D eigenvalue weighted by Crippen LogP contribution is 2.86. The fraction of sp³-hybridized carbons (Fsp3) is 0.974. The Morgan fingerprint density at radius 3 is 2.17 bits per heavy atom. The lowest BCUT2D eigenvalue weighted by atomic mass is 9.31. The van der Waals surface area contributed by atoms with E-state index in [1.165, 1.54) is 32.1 Å². The molecule has 6 rings (SSSR count). The Hall–Kier alpha value is -0.570. The van der Waals surface area contributed by atoms with Crippen molar-refractivity contribution in [3.05, 3.63) is 0 Å². The van der Waals surface area contributed by atoms with Crippen LogP contribution < -0.4 is 0 Å². The van der Waals surface area contributed by atoms with Gasteiger partial charge in [-0.2, -0.15) is 0 Å². The van der Waals surface area contributed by atoms with Crippen LogP contribution in [-0.2, 0) is 9.53 Å². The third kappa shape index (κ3) is 3.63. The Morgan fingerprint density at radius 2 is 1.59 bits per heavy atom. The number of aliphatic hydroxyl groups is 1. The maximum Gasteiger partial charge on any atom is 0.313 e. The van der Waals surface area contributed by atoms with Gasteiger partial charge in [0.15, 0.2) is 0 Å². The normalized spacial score (nSPS) is 48.1. The third-order valence-corrected chi connectivity index (χ3v) is 16.1. The highest BCUT2D eigenvalue weighted by Gasteiger charge is 2.84. The largest absolute Gasteiger partial charge is 0.458 e. The molecule has 0 aliphatic heterocycles. The lowest BCUT2D eigenvalue weighted by Crippen LogP contribution is -2.77. The summed E-state index contributed by atoms with van der Waals surface area (Å²) in [6.45, 7) is 26.0. The molecule has 6 fully saturated rings. The summed E-state index contributed by atoms with van der Waals surface area (Å²) in [4.78, 5) is 14.8. The second-order valence-corrected chi connectivity index (χ2v) is 19.6. The zero-order valence-electron chi connectivity index (χ0n) is 28.7. The average Bonchev–Trinajstić information content (AvgIpc) is 3.09. The number of ether oxygens (including phenoxy) is 1. The van der Waals surface area contributed by atoms with Crippen LogP contribution >= 0.6 is 0 Å². The molecule has 11 atom stereocenters. The molecule has 3 heteroatoms. The van der Waals surface area contributed by atoms with Crippen LogP contribution in [0.4, 0.5) is 0 Å². The maximum absolute atomic E-state index is 14.8. The lowest BCUT2D eigenvalue weighted by molar-refractivity contribution is -0.333. The van der Waals surface area contributed by atoms with E-state index in [0.717, 1.165) is 56.8 Å². The van der Waals surface area contributed by atoms with Crippen LogP contribution in [0.3, 0.4) is 0 Å². The SMILES string of the molecule is CCC1(OC(=O)C(C)(C(C)(C)C)C(C)(C)CCC2(C)C(C(C)(C)C)C23CCCC(O)CC3)C2CC3CC4CC1C42C3. The predicted molar refractivity (Wildman–Crippen MR) is 167 cm³/mol. The summed E-state index contributed by atoms with van der Waals surface area (Å²) in [5, 5.41) is 10.5. The number of carbonyl (C=O) groups is 1. The Morgan fingerprint density at radius 1 is 0.927 bits per heavy atom. The first-order valence-corrected chi connectivity index (χ1v) is 17.7. The van der Waals surface area contributed by atoms with E-state index in [2.05, 4.69) is 76.2 Å². The van der Waals surface area contributed by atoms with Crippen molar-refractivity contribution in [2.24, 2.45) is 67.5 Å². The summed E-state index contributed by atoms with van der Waals surface area (Å²) in [5.74, 6) is 3.78. The van der Waals surface area contributed by atoms with Gasteiger partial charge in [-0.05, 0) is 128 Å². The molecule has 0 saturated heterocycles. The monoisotopic (exact) mass is 568 g/mol. The Kier molecular flexibility index (Phi) is 6.52. The van der Waals surface area contributed by atoms with Gasteiger partial charge in [0.05, 0.1) is 11.5 Å². The first-order chi connectivity index (χ1) is 18.8. The minimum absolute atomic E-state index is 0.0820. The van der Waals surface area contributed by atoms with Crippen molar-refractivity contribution in [3.63, 3.8) is 0 Å². The molecule has 6 aliphatic rings. The van der Waals surface area contributed by atoms with Crippen molar-refractivity contribution in [3.8, 4) is 0 Å². The molecular formula is C38H64O3. The molecule has 6 aliphatic carbocycles. The molecule has 234 valence electrons. The Balaban J connectivity index is 1.24. The van der Waals surface area contributed by atoms with Crippen LogP contribution in [0, 0.1) is 67.5 Å². The van der Waals surface area contributed by atoms with E-state index in [1.807, 2.05) is 0 Å². The van der Waals surface area contributed by atoms with Gasteiger partial charge in [-0.3, -0.25) is 4.79 Å². The van der Waals surface area contributed by atoms with Crippen LogP contribution in [0.1, 0.15) is 153 Å². The smallest absolute Gasteiger partial charge is 0.313 e. The molecular weight excluding hydrogens is 504 g/mol. The highest BCUT2D eigenvalue weighted by molar-refractivity contribution is 5.79. The number of fused-ring (bicyclic) bond motifs is 1. The molecule has 0 radical (unpaired) electrons. The molecule has 41 heavy (non-hydrogen) atoms. The number of hydrogen-bond donors (Lipinski definition) is 1. The summed E-state index contributed by atoms with van der Waals surface area (Å²) in [6, 6.07) is 0. The van der Waals surface area contributed by atoms with Gasteiger partial charge in [0, 0.05) is 11.8 Å². The molecule has 2 spiro atoms. The standard InChI is InChI=1S/C38H64O3/c1-12-38(27-21-24-20-25-22-28(38)37(25,27)23-24)41-30(40)35(11,32(5,6)7)33(8,9)18-19-34(10)29(31(2,3)4)36(34)16-13-14-26(39)15-17-36/h24-29,39H,12-23H2,1-11H3. The zero-order valence-corrected chi connectivity index (χ0v) is 28.7. The fourth-order valence-corrected chi connectivity index (χ4v) is 13.9. The van der Waals surface area contributed by atoms with Crippen molar-refractivity contribution >= 4 is 5.97 Å². The van der Waals surface area contributed by atoms with E-state index in [0.29, 0.717) is 28.6 Å². The van der Waals surface area contributed by atoms with Crippen LogP contribution in [-0.4, -0.2) is 22.8 Å². The van der Waals surface area contributed by atoms with E-state index in [-0.39, 0.29) is 39.3 Å². The summed E-state index contributed by atoms with van der Waals surface area (Å²) in [5.41, 5.74) is 0.162.